The normalized spacial score (nSPS) is 11.9. The zero-order valence-electron chi connectivity index (χ0n) is 24.9. The van der Waals surface area contributed by atoms with Gasteiger partial charge in [-0.25, -0.2) is 0 Å². The van der Waals surface area contributed by atoms with Gasteiger partial charge >= 0.3 is 0 Å². The van der Waals surface area contributed by atoms with Crippen molar-refractivity contribution in [2.24, 2.45) is 5.92 Å². The number of aryl methyl sites for hydroxylation is 2. The molecule has 3 N–H and O–H groups in total. The minimum absolute atomic E-state index is 0.0532. The van der Waals surface area contributed by atoms with E-state index in [9.17, 15) is 20.1 Å². The molecule has 1 atom stereocenters. The molecule has 0 heterocycles. The van der Waals surface area contributed by atoms with Gasteiger partial charge in [0, 0.05) is 12.8 Å². The molecule has 0 fully saturated rings. The fraction of sp³-hybridized carbons (Fsp3) is 0.289. The number of rotatable bonds is 16. The van der Waals surface area contributed by atoms with Crippen molar-refractivity contribution in [1.29, 1.82) is 0 Å². The number of carbonyl (C=O) groups excluding carboxylic acids is 1. The zero-order valence-corrected chi connectivity index (χ0v) is 24.9. The summed E-state index contributed by atoms with van der Waals surface area (Å²) in [4.78, 5) is 12.4. The molecule has 0 aliphatic carbocycles. The Balaban J connectivity index is 1.19. The summed E-state index contributed by atoms with van der Waals surface area (Å²) in [6.07, 6.45) is 10.7. The lowest BCUT2D eigenvalue weighted by Gasteiger charge is -2.13. The fourth-order valence-electron chi connectivity index (χ4n) is 5.14. The average Bonchev–Trinajstić information content (AvgIpc) is 3.01. The molecule has 0 saturated heterocycles. The van der Waals surface area contributed by atoms with Gasteiger partial charge in [-0.2, -0.15) is 0 Å². The summed E-state index contributed by atoms with van der Waals surface area (Å²) in [7, 11) is 0. The average molecular weight is 579 g/mol. The van der Waals surface area contributed by atoms with Crippen LogP contribution in [-0.2, 0) is 24.1 Å². The van der Waals surface area contributed by atoms with Gasteiger partial charge in [0.25, 0.3) is 0 Å². The number of ketones is 1. The molecule has 0 spiro atoms. The van der Waals surface area contributed by atoms with Crippen molar-refractivity contribution in [2.45, 2.75) is 58.3 Å². The number of phenolic OH excluding ortho intramolecular Hbond substituents is 3. The zero-order chi connectivity index (χ0) is 30.4. The fourth-order valence-corrected chi connectivity index (χ4v) is 5.14. The van der Waals surface area contributed by atoms with E-state index in [4.69, 9.17) is 4.74 Å². The molecule has 224 valence electrons. The number of allylic oxidation sites excluding steroid dienone is 2. The standard InChI is InChI=1S/C38H42O5/c1-28(12-13-29-9-5-3-6-10-29)8-4-2-7-11-33(39)19-14-30-15-23-37(42)38(26-30)43-25-24-32-18-22-35(41)27-36(32)31-16-20-34(40)21-17-31/h3,5-7,9-11,15-18,20-23,26-28,40-42H,2,4,8,12-14,19,24-25H2,1H3/t28-/m1/s1. The smallest absolute Gasteiger partial charge is 0.161 e. The van der Waals surface area contributed by atoms with E-state index in [0.29, 0.717) is 37.5 Å². The Labute approximate surface area is 255 Å². The van der Waals surface area contributed by atoms with Gasteiger partial charge in [0.05, 0.1) is 6.61 Å². The van der Waals surface area contributed by atoms with Crippen LogP contribution in [0.3, 0.4) is 0 Å². The molecule has 5 heteroatoms. The Morgan fingerprint density at radius 3 is 2.35 bits per heavy atom. The lowest BCUT2D eigenvalue weighted by atomic mass is 9.96. The van der Waals surface area contributed by atoms with Crippen molar-refractivity contribution < 1.29 is 24.9 Å². The van der Waals surface area contributed by atoms with Gasteiger partial charge in [0.15, 0.2) is 17.3 Å². The third kappa shape index (κ3) is 10.4. The lowest BCUT2D eigenvalue weighted by Crippen LogP contribution is -2.04. The summed E-state index contributed by atoms with van der Waals surface area (Å²) in [5.74, 6) is 1.53. The van der Waals surface area contributed by atoms with Crippen molar-refractivity contribution in [1.82, 2.24) is 0 Å². The van der Waals surface area contributed by atoms with Gasteiger partial charge in [0.1, 0.15) is 11.5 Å². The largest absolute Gasteiger partial charge is 0.508 e. The van der Waals surface area contributed by atoms with Gasteiger partial charge in [0.2, 0.25) is 0 Å². The molecular weight excluding hydrogens is 536 g/mol. The molecule has 43 heavy (non-hydrogen) atoms. The molecule has 0 amide bonds. The number of aromatic hydroxyl groups is 3. The van der Waals surface area contributed by atoms with Gasteiger partial charge in [-0.15, -0.1) is 0 Å². The molecule has 0 aliphatic rings. The van der Waals surface area contributed by atoms with Crippen LogP contribution in [0.15, 0.2) is 103 Å². The van der Waals surface area contributed by atoms with Crippen LogP contribution >= 0.6 is 0 Å². The van der Waals surface area contributed by atoms with Crippen molar-refractivity contribution in [3.8, 4) is 34.1 Å². The van der Waals surface area contributed by atoms with E-state index in [0.717, 1.165) is 47.9 Å². The van der Waals surface area contributed by atoms with Crippen LogP contribution < -0.4 is 4.74 Å². The first-order chi connectivity index (χ1) is 20.9. The minimum Gasteiger partial charge on any atom is -0.508 e. The highest BCUT2D eigenvalue weighted by molar-refractivity contribution is 5.89. The van der Waals surface area contributed by atoms with Gasteiger partial charge in [-0.05, 0) is 108 Å². The first-order valence-electron chi connectivity index (χ1n) is 15.2. The first kappa shape index (κ1) is 31.4. The Bertz CT molecular complexity index is 1470. The number of hydrogen-bond acceptors (Lipinski definition) is 5. The molecule has 0 saturated carbocycles. The quantitative estimate of drug-likeness (QED) is 0.0915. The predicted octanol–water partition coefficient (Wildman–Crippen LogP) is 8.59. The highest BCUT2D eigenvalue weighted by atomic mass is 16.5. The van der Waals surface area contributed by atoms with E-state index < -0.39 is 0 Å². The third-order valence-electron chi connectivity index (χ3n) is 7.73. The molecule has 0 bridgehead atoms. The number of ether oxygens (including phenoxy) is 1. The summed E-state index contributed by atoms with van der Waals surface area (Å²) in [5.41, 5.74) is 5.02. The molecule has 0 aromatic heterocycles. The number of carbonyl (C=O) groups is 1. The number of unbranched alkanes of at least 4 members (excludes halogenated alkanes) is 1. The summed E-state index contributed by atoms with van der Waals surface area (Å²) in [5, 5.41) is 30.0. The number of phenols is 3. The summed E-state index contributed by atoms with van der Waals surface area (Å²) < 4.78 is 5.93. The van der Waals surface area contributed by atoms with Crippen molar-refractivity contribution in [3.63, 3.8) is 0 Å². The predicted molar refractivity (Wildman–Crippen MR) is 173 cm³/mol. The third-order valence-corrected chi connectivity index (χ3v) is 7.73. The van der Waals surface area contributed by atoms with Crippen LogP contribution in [0.4, 0.5) is 0 Å². The van der Waals surface area contributed by atoms with E-state index in [1.54, 1.807) is 54.6 Å². The summed E-state index contributed by atoms with van der Waals surface area (Å²) in [6.45, 7) is 2.62. The van der Waals surface area contributed by atoms with E-state index in [1.807, 2.05) is 18.2 Å². The van der Waals surface area contributed by atoms with Crippen molar-refractivity contribution >= 4 is 5.78 Å². The van der Waals surface area contributed by atoms with Crippen LogP contribution in [0.25, 0.3) is 11.1 Å². The molecule has 5 nitrogen and oxygen atoms in total. The topological polar surface area (TPSA) is 87.0 Å². The molecule has 4 aromatic carbocycles. The second kappa shape index (κ2) is 16.2. The van der Waals surface area contributed by atoms with Crippen LogP contribution in [0.2, 0.25) is 0 Å². The summed E-state index contributed by atoms with van der Waals surface area (Å²) >= 11 is 0. The van der Waals surface area contributed by atoms with Gasteiger partial charge in [-0.1, -0.05) is 74.0 Å². The van der Waals surface area contributed by atoms with Crippen LogP contribution in [0, 0.1) is 5.92 Å². The highest BCUT2D eigenvalue weighted by Gasteiger charge is 2.10. The Morgan fingerprint density at radius 2 is 1.56 bits per heavy atom. The molecular formula is C38H42O5. The van der Waals surface area contributed by atoms with E-state index in [2.05, 4.69) is 37.3 Å². The van der Waals surface area contributed by atoms with Crippen LogP contribution in [0.1, 0.15) is 55.7 Å². The van der Waals surface area contributed by atoms with E-state index >= 15 is 0 Å². The molecule has 0 radical (unpaired) electrons. The maximum absolute atomic E-state index is 12.4. The lowest BCUT2D eigenvalue weighted by molar-refractivity contribution is -0.114. The van der Waals surface area contributed by atoms with Gasteiger partial charge in [-0.3, -0.25) is 4.79 Å². The Kier molecular flexibility index (Phi) is 11.8. The maximum Gasteiger partial charge on any atom is 0.161 e. The van der Waals surface area contributed by atoms with E-state index in [-0.39, 0.29) is 23.0 Å². The monoisotopic (exact) mass is 578 g/mol. The second-order valence-electron chi connectivity index (χ2n) is 11.2. The molecule has 4 aromatic rings. The second-order valence-corrected chi connectivity index (χ2v) is 11.2. The number of hydrogen-bond donors (Lipinski definition) is 3. The van der Waals surface area contributed by atoms with E-state index in [1.165, 1.54) is 12.0 Å². The molecule has 0 unspecified atom stereocenters. The SMILES string of the molecule is C[C@H](CCCC=CC(=O)CCc1ccc(O)c(OCCc2ccc(O)cc2-c2ccc(O)cc2)c1)CCc1ccccc1. The molecule has 4 rings (SSSR count). The van der Waals surface area contributed by atoms with Crippen molar-refractivity contribution in [3.05, 3.63) is 120 Å². The number of benzene rings is 4. The Morgan fingerprint density at radius 1 is 0.791 bits per heavy atom. The van der Waals surface area contributed by atoms with Gasteiger partial charge < -0.3 is 20.1 Å². The highest BCUT2D eigenvalue weighted by Crippen LogP contribution is 2.31. The minimum atomic E-state index is 0.0532. The molecule has 0 aliphatic heterocycles. The summed E-state index contributed by atoms with van der Waals surface area (Å²) in [6, 6.07) is 27.8. The van der Waals surface area contributed by atoms with Crippen LogP contribution in [-0.4, -0.2) is 27.7 Å². The van der Waals surface area contributed by atoms with Crippen LogP contribution in [0.5, 0.6) is 23.0 Å². The Hall–Kier alpha value is -4.51. The van der Waals surface area contributed by atoms with Crippen molar-refractivity contribution in [2.75, 3.05) is 6.61 Å². The maximum atomic E-state index is 12.4. The first-order valence-corrected chi connectivity index (χ1v) is 15.2.